The summed E-state index contributed by atoms with van der Waals surface area (Å²) in [5.74, 6) is -0.737. The van der Waals surface area contributed by atoms with E-state index in [1.165, 1.54) is 11.8 Å². The van der Waals surface area contributed by atoms with Gasteiger partial charge in [0.1, 0.15) is 0 Å². The Morgan fingerprint density at radius 1 is 1.89 bits per heavy atom. The van der Waals surface area contributed by atoms with Gasteiger partial charge in [0.15, 0.2) is 0 Å². The molecular formula is C5H9O3S-. The highest BCUT2D eigenvalue weighted by atomic mass is 32.2. The molecule has 3 nitrogen and oxygen atoms in total. The number of carboxylic acids is 1. The van der Waals surface area contributed by atoms with Crippen molar-refractivity contribution < 1.29 is 15.0 Å². The molecule has 0 aromatic heterocycles. The van der Waals surface area contributed by atoms with E-state index in [0.29, 0.717) is 5.75 Å². The Morgan fingerprint density at radius 2 is 2.44 bits per heavy atom. The smallest absolute Gasteiger partial charge is 0.0941 e. The molecule has 0 amide bonds. The second kappa shape index (κ2) is 4.64. The molecule has 4 heteroatoms. The van der Waals surface area contributed by atoms with E-state index < -0.39 is 12.1 Å². The van der Waals surface area contributed by atoms with Gasteiger partial charge in [-0.1, -0.05) is 0 Å². The Bertz CT molecular complexity index is 94.2. The van der Waals surface area contributed by atoms with Crippen molar-refractivity contribution in [1.82, 2.24) is 0 Å². The van der Waals surface area contributed by atoms with Crippen LogP contribution in [0.25, 0.3) is 0 Å². The molecule has 0 rings (SSSR count). The van der Waals surface area contributed by atoms with Crippen molar-refractivity contribution in [2.75, 3.05) is 12.0 Å². The van der Waals surface area contributed by atoms with E-state index in [9.17, 15) is 9.90 Å². The first kappa shape index (κ1) is 8.78. The molecule has 0 bridgehead atoms. The van der Waals surface area contributed by atoms with Crippen molar-refractivity contribution >= 4 is 17.7 Å². The maximum atomic E-state index is 9.83. The molecule has 0 radical (unpaired) electrons. The van der Waals surface area contributed by atoms with Gasteiger partial charge in [0, 0.05) is 0 Å². The van der Waals surface area contributed by atoms with Crippen LogP contribution in [0.3, 0.4) is 0 Å². The Labute approximate surface area is 58.1 Å². The van der Waals surface area contributed by atoms with Crippen LogP contribution in [0.5, 0.6) is 0 Å². The number of aliphatic carboxylic acids is 1. The largest absolute Gasteiger partial charge is 0.547 e. The molecule has 9 heavy (non-hydrogen) atoms. The number of carbonyl (C=O) groups excluding carboxylic acids is 1. The minimum absolute atomic E-state index is 0.267. The van der Waals surface area contributed by atoms with E-state index in [2.05, 4.69) is 0 Å². The Kier molecular flexibility index (Phi) is 4.53. The molecule has 0 saturated heterocycles. The number of hydrogen-bond acceptors (Lipinski definition) is 4. The van der Waals surface area contributed by atoms with Crippen molar-refractivity contribution in [3.63, 3.8) is 0 Å². The van der Waals surface area contributed by atoms with Gasteiger partial charge in [-0.2, -0.15) is 11.8 Å². The van der Waals surface area contributed by atoms with Crippen LogP contribution in [0, 0.1) is 0 Å². The molecule has 0 fully saturated rings. The lowest BCUT2D eigenvalue weighted by atomic mass is 10.3. The molecule has 0 spiro atoms. The molecule has 54 valence electrons. The highest BCUT2D eigenvalue weighted by Crippen LogP contribution is 1.98. The zero-order valence-electron chi connectivity index (χ0n) is 5.16. The van der Waals surface area contributed by atoms with Crippen LogP contribution in [0.4, 0.5) is 0 Å². The fraction of sp³-hybridized carbons (Fsp3) is 0.800. The summed E-state index contributed by atoms with van der Waals surface area (Å²) < 4.78 is 0. The topological polar surface area (TPSA) is 60.4 Å². The van der Waals surface area contributed by atoms with E-state index in [4.69, 9.17) is 5.11 Å². The van der Waals surface area contributed by atoms with Crippen molar-refractivity contribution in [3.8, 4) is 0 Å². The Morgan fingerprint density at radius 3 is 2.78 bits per heavy atom. The van der Waals surface area contributed by atoms with Gasteiger partial charge in [-0.05, 0) is 18.4 Å². The maximum absolute atomic E-state index is 9.83. The minimum atomic E-state index is -1.39. The first-order valence-electron chi connectivity index (χ1n) is 2.56. The minimum Gasteiger partial charge on any atom is -0.547 e. The summed E-state index contributed by atoms with van der Waals surface area (Å²) in [4.78, 5) is 9.83. The fourth-order valence-corrected chi connectivity index (χ4v) is 0.806. The molecule has 0 aromatic carbocycles. The van der Waals surface area contributed by atoms with Crippen molar-refractivity contribution in [2.45, 2.75) is 12.5 Å². The molecular weight excluding hydrogens is 140 g/mol. The number of carboxylic acid groups (broad SMARTS) is 1. The van der Waals surface area contributed by atoms with E-state index in [1.54, 1.807) is 0 Å². The molecule has 1 atom stereocenters. The highest BCUT2D eigenvalue weighted by molar-refractivity contribution is 7.98. The molecule has 0 aromatic rings. The second-order valence-electron chi connectivity index (χ2n) is 1.62. The van der Waals surface area contributed by atoms with Gasteiger partial charge in [-0.3, -0.25) is 0 Å². The third kappa shape index (κ3) is 4.29. The first-order chi connectivity index (χ1) is 4.18. The van der Waals surface area contributed by atoms with Crippen LogP contribution in [0.1, 0.15) is 6.42 Å². The third-order valence-electron chi connectivity index (χ3n) is 0.867. The van der Waals surface area contributed by atoms with Gasteiger partial charge in [0.05, 0.1) is 12.1 Å². The summed E-state index contributed by atoms with van der Waals surface area (Å²) in [5, 5.41) is 18.4. The molecule has 1 N–H and O–H groups in total. The summed E-state index contributed by atoms with van der Waals surface area (Å²) in [6, 6.07) is 0. The van der Waals surface area contributed by atoms with Crippen LogP contribution in [0.2, 0.25) is 0 Å². The number of aliphatic hydroxyl groups is 1. The van der Waals surface area contributed by atoms with Crippen LogP contribution >= 0.6 is 11.8 Å². The average Bonchev–Trinajstić information content (AvgIpc) is 1.82. The lowest BCUT2D eigenvalue weighted by Crippen LogP contribution is -2.35. The molecule has 0 aliphatic carbocycles. The highest BCUT2D eigenvalue weighted by Gasteiger charge is 2.01. The normalized spacial score (nSPS) is 13.1. The zero-order chi connectivity index (χ0) is 7.28. The van der Waals surface area contributed by atoms with Crippen LogP contribution < -0.4 is 5.11 Å². The first-order valence-corrected chi connectivity index (χ1v) is 3.95. The Hall–Kier alpha value is -0.220. The van der Waals surface area contributed by atoms with Gasteiger partial charge in [0.25, 0.3) is 0 Å². The predicted octanol–water partition coefficient (Wildman–Crippen LogP) is -1.15. The molecule has 1 unspecified atom stereocenters. The quantitative estimate of drug-likeness (QED) is 0.548. The number of aliphatic hydroxyl groups excluding tert-OH is 1. The van der Waals surface area contributed by atoms with E-state index in [1.807, 2.05) is 6.26 Å². The van der Waals surface area contributed by atoms with Gasteiger partial charge < -0.3 is 15.0 Å². The van der Waals surface area contributed by atoms with Crippen molar-refractivity contribution in [1.29, 1.82) is 0 Å². The van der Waals surface area contributed by atoms with E-state index in [0.717, 1.165) is 0 Å². The van der Waals surface area contributed by atoms with Crippen molar-refractivity contribution in [3.05, 3.63) is 0 Å². The van der Waals surface area contributed by atoms with Gasteiger partial charge in [-0.15, -0.1) is 0 Å². The molecule has 0 aliphatic heterocycles. The number of thioether (sulfide) groups is 1. The Balaban J connectivity index is 3.27. The van der Waals surface area contributed by atoms with E-state index >= 15 is 0 Å². The SMILES string of the molecule is CSCCC(O)C(=O)[O-]. The average molecular weight is 149 g/mol. The van der Waals surface area contributed by atoms with Gasteiger partial charge >= 0.3 is 0 Å². The zero-order valence-corrected chi connectivity index (χ0v) is 5.98. The summed E-state index contributed by atoms with van der Waals surface area (Å²) in [5.41, 5.74) is 0. The lowest BCUT2D eigenvalue weighted by molar-refractivity contribution is -0.315. The monoisotopic (exact) mass is 149 g/mol. The third-order valence-corrected chi connectivity index (χ3v) is 1.51. The molecule has 0 heterocycles. The van der Waals surface area contributed by atoms with Crippen LogP contribution in [-0.2, 0) is 4.79 Å². The van der Waals surface area contributed by atoms with Gasteiger partial charge in [0.2, 0.25) is 0 Å². The summed E-state index contributed by atoms with van der Waals surface area (Å²) in [6.07, 6.45) is 0.823. The predicted molar refractivity (Wildman–Crippen MR) is 34.0 cm³/mol. The molecule has 0 aliphatic rings. The second-order valence-corrected chi connectivity index (χ2v) is 2.60. The summed E-state index contributed by atoms with van der Waals surface area (Å²) in [7, 11) is 0. The maximum Gasteiger partial charge on any atom is 0.0941 e. The fourth-order valence-electron chi connectivity index (χ4n) is 0.347. The number of rotatable bonds is 4. The van der Waals surface area contributed by atoms with Crippen LogP contribution in [0.15, 0.2) is 0 Å². The molecule has 0 saturated carbocycles. The van der Waals surface area contributed by atoms with Crippen molar-refractivity contribution in [2.24, 2.45) is 0 Å². The standard InChI is InChI=1S/C5H10O3S/c1-9-3-2-4(6)5(7)8/h4,6H,2-3H2,1H3,(H,7,8)/p-1. The summed E-state index contributed by atoms with van der Waals surface area (Å²) in [6.45, 7) is 0. The van der Waals surface area contributed by atoms with E-state index in [-0.39, 0.29) is 6.42 Å². The van der Waals surface area contributed by atoms with Crippen LogP contribution in [-0.4, -0.2) is 29.2 Å². The van der Waals surface area contributed by atoms with Gasteiger partial charge in [-0.25, -0.2) is 0 Å². The lowest BCUT2D eigenvalue weighted by Gasteiger charge is -2.08. The summed E-state index contributed by atoms with van der Waals surface area (Å²) >= 11 is 1.50. The number of hydrogen-bond donors (Lipinski definition) is 1. The number of carbonyl (C=O) groups is 1.